The maximum absolute atomic E-state index is 6.62. The molecule has 2 saturated heterocycles. The van der Waals surface area contributed by atoms with Crippen LogP contribution in [0, 0.1) is 0 Å². The summed E-state index contributed by atoms with van der Waals surface area (Å²) in [4.78, 5) is 9.12. The summed E-state index contributed by atoms with van der Waals surface area (Å²) in [6.45, 7) is 20.0. The molecular formula is C24H41ClN4O5Si2. The molecule has 0 aromatic carbocycles. The summed E-state index contributed by atoms with van der Waals surface area (Å²) < 4.78 is 33.1. The summed E-state index contributed by atoms with van der Waals surface area (Å²) in [5.74, 6) is 0.243. The minimum absolute atomic E-state index is 0.103. The molecule has 2 N–H and O–H groups in total. The van der Waals surface area contributed by atoms with Crippen molar-refractivity contribution in [1.29, 1.82) is 0 Å². The van der Waals surface area contributed by atoms with E-state index in [-0.39, 0.29) is 42.0 Å². The highest BCUT2D eigenvalue weighted by Gasteiger charge is 2.52. The Hall–Kier alpha value is -1.22. The third-order valence-corrected chi connectivity index (χ3v) is 13.9. The van der Waals surface area contributed by atoms with Crippen LogP contribution in [0.3, 0.4) is 0 Å². The molecule has 9 nitrogen and oxygen atoms in total. The first-order chi connectivity index (χ1) is 16.7. The van der Waals surface area contributed by atoms with Gasteiger partial charge in [-0.3, -0.25) is 4.57 Å². The SMILES string of the molecule is CC(C)(C)[Si](C)(C)OC1CO[C@H]2[C@@H]1OC[C@H]2Oc1nc2cc(Cl)c(N)nc2n1COCC[Si](C)(C)C. The maximum Gasteiger partial charge on any atom is 0.301 e. The maximum atomic E-state index is 6.62. The van der Waals surface area contributed by atoms with Gasteiger partial charge in [-0.25, -0.2) is 4.98 Å². The second kappa shape index (κ2) is 10.2. The molecular weight excluding hydrogens is 516 g/mol. The van der Waals surface area contributed by atoms with Crippen molar-refractivity contribution in [3.8, 4) is 6.01 Å². The highest BCUT2D eigenvalue weighted by atomic mass is 35.5. The molecule has 1 unspecified atom stereocenters. The summed E-state index contributed by atoms with van der Waals surface area (Å²) in [5.41, 5.74) is 7.16. The van der Waals surface area contributed by atoms with Gasteiger partial charge < -0.3 is 29.1 Å². The van der Waals surface area contributed by atoms with Gasteiger partial charge in [-0.05, 0) is 30.2 Å². The number of aromatic nitrogens is 3. The summed E-state index contributed by atoms with van der Waals surface area (Å²) in [5, 5.41) is 0.461. The van der Waals surface area contributed by atoms with Gasteiger partial charge in [0, 0.05) is 14.7 Å². The van der Waals surface area contributed by atoms with Crippen LogP contribution in [0.2, 0.25) is 48.8 Å². The average Bonchev–Trinajstić information content (AvgIpc) is 3.40. The van der Waals surface area contributed by atoms with Crippen LogP contribution in [0.5, 0.6) is 6.01 Å². The topological polar surface area (TPSA) is 103 Å². The molecule has 2 aromatic rings. The second-order valence-corrected chi connectivity index (χ2v) is 23.3. The van der Waals surface area contributed by atoms with E-state index in [4.69, 9.17) is 40.7 Å². The Balaban J connectivity index is 1.51. The average molecular weight is 557 g/mol. The number of rotatable bonds is 9. The van der Waals surface area contributed by atoms with Crippen LogP contribution < -0.4 is 10.5 Å². The van der Waals surface area contributed by atoms with Crippen molar-refractivity contribution in [2.45, 2.75) is 95.7 Å². The van der Waals surface area contributed by atoms with Crippen LogP contribution in [-0.2, 0) is 25.4 Å². The molecule has 202 valence electrons. The van der Waals surface area contributed by atoms with Crippen LogP contribution in [0.1, 0.15) is 20.8 Å². The first-order valence-corrected chi connectivity index (χ1v) is 19.6. The molecule has 2 fully saturated rings. The van der Waals surface area contributed by atoms with E-state index in [1.807, 2.05) is 0 Å². The second-order valence-electron chi connectivity index (χ2n) is 12.5. The fourth-order valence-electron chi connectivity index (χ4n) is 4.08. The van der Waals surface area contributed by atoms with Gasteiger partial charge in [-0.1, -0.05) is 52.0 Å². The number of hydrogen-bond donors (Lipinski definition) is 1. The number of halogens is 1. The van der Waals surface area contributed by atoms with Crippen molar-refractivity contribution in [2.75, 3.05) is 25.6 Å². The van der Waals surface area contributed by atoms with Crippen molar-refractivity contribution < 1.29 is 23.4 Å². The lowest BCUT2D eigenvalue weighted by atomic mass is 10.1. The Bertz CT molecular complexity index is 1090. The highest BCUT2D eigenvalue weighted by molar-refractivity contribution is 6.76. The van der Waals surface area contributed by atoms with E-state index in [2.05, 4.69) is 63.5 Å². The molecule has 0 radical (unpaired) electrons. The number of hydrogen-bond acceptors (Lipinski definition) is 8. The first kappa shape index (κ1) is 27.8. The van der Waals surface area contributed by atoms with Crippen molar-refractivity contribution in [3.63, 3.8) is 0 Å². The summed E-state index contributed by atoms with van der Waals surface area (Å²) in [7, 11) is -3.18. The van der Waals surface area contributed by atoms with Crippen LogP contribution in [0.15, 0.2) is 6.07 Å². The molecule has 2 aliphatic heterocycles. The Kier molecular flexibility index (Phi) is 7.85. The molecule has 0 bridgehead atoms. The Morgan fingerprint density at radius 2 is 1.72 bits per heavy atom. The van der Waals surface area contributed by atoms with Gasteiger partial charge in [0.1, 0.15) is 30.3 Å². The van der Waals surface area contributed by atoms with E-state index in [9.17, 15) is 0 Å². The number of nitrogens with two attached hydrogens (primary N) is 1. The monoisotopic (exact) mass is 556 g/mol. The quantitative estimate of drug-likeness (QED) is 0.343. The van der Waals surface area contributed by atoms with Gasteiger partial charge in [0.25, 0.3) is 0 Å². The minimum Gasteiger partial charge on any atom is -0.456 e. The van der Waals surface area contributed by atoms with E-state index >= 15 is 0 Å². The third-order valence-electron chi connectivity index (χ3n) is 7.35. The Labute approximate surface area is 221 Å². The standard InChI is InChI=1S/C24H41ClN4O5Si2/c1-24(2,3)36(7,8)34-18-13-32-19-17(12-31-20(18)19)33-23-27-16-11-15(25)21(26)28-22(16)29(23)14-30-9-10-35(4,5)6/h11,17-20H,9-10,12-14H2,1-8H3,(H2,26,28)/t17-,18?,19-,20-/m1/s1. The molecule has 0 saturated carbocycles. The molecule has 4 heterocycles. The summed E-state index contributed by atoms with van der Waals surface area (Å²) in [6.07, 6.45) is -0.831. The Morgan fingerprint density at radius 3 is 2.36 bits per heavy atom. The van der Waals surface area contributed by atoms with Gasteiger partial charge >= 0.3 is 6.01 Å². The van der Waals surface area contributed by atoms with E-state index in [1.54, 1.807) is 10.6 Å². The van der Waals surface area contributed by atoms with Crippen LogP contribution >= 0.6 is 11.6 Å². The smallest absolute Gasteiger partial charge is 0.301 e. The van der Waals surface area contributed by atoms with Gasteiger partial charge in [0.2, 0.25) is 0 Å². The Morgan fingerprint density at radius 1 is 1.08 bits per heavy atom. The molecule has 0 amide bonds. The number of imidazole rings is 1. The first-order valence-electron chi connectivity index (χ1n) is 12.6. The van der Waals surface area contributed by atoms with E-state index in [0.717, 1.165) is 6.04 Å². The van der Waals surface area contributed by atoms with E-state index in [0.29, 0.717) is 42.0 Å². The van der Waals surface area contributed by atoms with Crippen molar-refractivity contribution in [2.24, 2.45) is 0 Å². The van der Waals surface area contributed by atoms with Crippen molar-refractivity contribution in [3.05, 3.63) is 11.1 Å². The fraction of sp³-hybridized carbons (Fsp3) is 0.750. The molecule has 0 aliphatic carbocycles. The predicted octanol–water partition coefficient (Wildman–Crippen LogP) is 4.91. The van der Waals surface area contributed by atoms with Gasteiger partial charge in [-0.15, -0.1) is 0 Å². The molecule has 4 rings (SSSR count). The van der Waals surface area contributed by atoms with E-state index < -0.39 is 16.4 Å². The summed E-state index contributed by atoms with van der Waals surface area (Å²) in [6, 6.07) is 3.15. The van der Waals surface area contributed by atoms with Crippen LogP contribution in [0.25, 0.3) is 11.2 Å². The molecule has 4 atom stereocenters. The number of nitrogen functional groups attached to an aromatic ring is 1. The van der Waals surface area contributed by atoms with Crippen molar-refractivity contribution >= 4 is 45.0 Å². The van der Waals surface area contributed by atoms with Crippen LogP contribution in [0.4, 0.5) is 5.82 Å². The zero-order valence-corrected chi connectivity index (χ0v) is 25.5. The van der Waals surface area contributed by atoms with Gasteiger partial charge in [0.05, 0.1) is 24.3 Å². The van der Waals surface area contributed by atoms with Crippen LogP contribution in [-0.4, -0.2) is 75.2 Å². The normalized spacial score (nSPS) is 25.0. The zero-order chi connectivity index (χ0) is 26.5. The molecule has 2 aliphatic rings. The van der Waals surface area contributed by atoms with E-state index in [1.165, 1.54) is 0 Å². The lowest BCUT2D eigenvalue weighted by Crippen LogP contribution is -2.47. The number of pyridine rings is 1. The lowest BCUT2D eigenvalue weighted by Gasteiger charge is -2.39. The largest absolute Gasteiger partial charge is 0.456 e. The number of fused-ring (bicyclic) bond motifs is 2. The number of ether oxygens (including phenoxy) is 4. The summed E-state index contributed by atoms with van der Waals surface area (Å²) >= 11 is 6.22. The number of anilines is 1. The van der Waals surface area contributed by atoms with Crippen molar-refractivity contribution in [1.82, 2.24) is 14.5 Å². The molecule has 36 heavy (non-hydrogen) atoms. The fourth-order valence-corrected chi connectivity index (χ4v) is 6.30. The lowest BCUT2D eigenvalue weighted by molar-refractivity contribution is 0.00687. The molecule has 0 spiro atoms. The predicted molar refractivity (Wildman–Crippen MR) is 147 cm³/mol. The molecule has 12 heteroatoms. The third kappa shape index (κ3) is 5.92. The zero-order valence-electron chi connectivity index (χ0n) is 22.8. The van der Waals surface area contributed by atoms with Gasteiger partial charge in [-0.2, -0.15) is 4.98 Å². The number of nitrogens with zero attached hydrogens (tertiary/aromatic N) is 3. The van der Waals surface area contributed by atoms with Gasteiger partial charge in [0.15, 0.2) is 20.1 Å². The highest BCUT2D eigenvalue weighted by Crippen LogP contribution is 2.40. The minimum atomic E-state index is -1.96. The molecule has 2 aromatic heterocycles.